The fourth-order valence-electron chi connectivity index (χ4n) is 3.01. The number of rotatable bonds is 6. The second-order valence-electron chi connectivity index (χ2n) is 5.48. The zero-order chi connectivity index (χ0) is 13.7. The molecule has 0 aliphatic carbocycles. The van der Waals surface area contributed by atoms with Gasteiger partial charge in [-0.2, -0.15) is 5.10 Å². The predicted molar refractivity (Wildman–Crippen MR) is 76.8 cm³/mol. The molecule has 5 nitrogen and oxygen atoms in total. The maximum Gasteiger partial charge on any atom is 0.140 e. The van der Waals surface area contributed by atoms with Crippen LogP contribution >= 0.6 is 0 Å². The van der Waals surface area contributed by atoms with Crippen LogP contribution in [-0.2, 0) is 13.1 Å². The summed E-state index contributed by atoms with van der Waals surface area (Å²) in [4.78, 5) is 6.91. The van der Waals surface area contributed by atoms with E-state index in [4.69, 9.17) is 0 Å². The second kappa shape index (κ2) is 7.01. The van der Waals surface area contributed by atoms with Gasteiger partial charge in [0.1, 0.15) is 12.2 Å². The minimum atomic E-state index is 0.608. The van der Waals surface area contributed by atoms with Gasteiger partial charge in [-0.1, -0.05) is 6.92 Å². The van der Waals surface area contributed by atoms with Gasteiger partial charge in [-0.3, -0.25) is 4.90 Å². The summed E-state index contributed by atoms with van der Waals surface area (Å²) in [6.07, 6.45) is 4.30. The van der Waals surface area contributed by atoms with Crippen molar-refractivity contribution in [3.63, 3.8) is 0 Å². The van der Waals surface area contributed by atoms with E-state index in [1.165, 1.54) is 25.9 Å². The number of likely N-dealkylation sites (tertiary alicyclic amines) is 1. The standard InChI is InChI=1S/C14H27N5/c1-4-15-12(3)13-7-6-8-18(9-13)10-14-16-11-17-19(14)5-2/h11-13,15H,4-10H2,1-3H3. The summed E-state index contributed by atoms with van der Waals surface area (Å²) in [6.45, 7) is 11.9. The highest BCUT2D eigenvalue weighted by molar-refractivity contribution is 4.87. The average Bonchev–Trinajstić information content (AvgIpc) is 2.86. The fraction of sp³-hybridized carbons (Fsp3) is 0.857. The maximum atomic E-state index is 4.38. The number of nitrogens with one attached hydrogen (secondary N) is 1. The number of hydrogen-bond donors (Lipinski definition) is 1. The third kappa shape index (κ3) is 3.76. The van der Waals surface area contributed by atoms with Crippen molar-refractivity contribution in [3.05, 3.63) is 12.2 Å². The van der Waals surface area contributed by atoms with E-state index in [1.54, 1.807) is 6.33 Å². The summed E-state index contributed by atoms with van der Waals surface area (Å²) in [5.74, 6) is 1.85. The Kier molecular flexibility index (Phi) is 5.34. The first-order chi connectivity index (χ1) is 9.24. The lowest BCUT2D eigenvalue weighted by atomic mass is 9.91. The molecule has 1 saturated heterocycles. The molecule has 0 aromatic carbocycles. The first kappa shape index (κ1) is 14.5. The van der Waals surface area contributed by atoms with Crippen LogP contribution in [0.4, 0.5) is 0 Å². The second-order valence-corrected chi connectivity index (χ2v) is 5.48. The zero-order valence-electron chi connectivity index (χ0n) is 12.5. The zero-order valence-corrected chi connectivity index (χ0v) is 12.5. The van der Waals surface area contributed by atoms with Crippen LogP contribution < -0.4 is 5.32 Å². The number of hydrogen-bond acceptors (Lipinski definition) is 4. The number of piperidine rings is 1. The molecule has 1 aromatic heterocycles. The Labute approximate surface area is 116 Å². The summed E-state index contributed by atoms with van der Waals surface area (Å²) in [5.41, 5.74) is 0. The van der Waals surface area contributed by atoms with E-state index in [9.17, 15) is 0 Å². The molecule has 2 unspecified atom stereocenters. The van der Waals surface area contributed by atoms with E-state index in [0.29, 0.717) is 6.04 Å². The lowest BCUT2D eigenvalue weighted by molar-refractivity contribution is 0.140. The van der Waals surface area contributed by atoms with E-state index in [0.717, 1.165) is 31.4 Å². The number of aryl methyl sites for hydroxylation is 1. The van der Waals surface area contributed by atoms with Crippen molar-refractivity contribution in [1.29, 1.82) is 0 Å². The van der Waals surface area contributed by atoms with Crippen LogP contribution in [0.15, 0.2) is 6.33 Å². The van der Waals surface area contributed by atoms with E-state index in [2.05, 4.69) is 41.1 Å². The highest BCUT2D eigenvalue weighted by Gasteiger charge is 2.24. The van der Waals surface area contributed by atoms with Crippen molar-refractivity contribution in [3.8, 4) is 0 Å². The molecule has 0 amide bonds. The van der Waals surface area contributed by atoms with Gasteiger partial charge < -0.3 is 5.32 Å². The molecule has 19 heavy (non-hydrogen) atoms. The largest absolute Gasteiger partial charge is 0.314 e. The Hall–Kier alpha value is -0.940. The molecule has 1 aliphatic rings. The number of nitrogens with zero attached hydrogens (tertiary/aromatic N) is 4. The van der Waals surface area contributed by atoms with E-state index < -0.39 is 0 Å². The minimum Gasteiger partial charge on any atom is -0.314 e. The van der Waals surface area contributed by atoms with Gasteiger partial charge in [-0.05, 0) is 45.7 Å². The van der Waals surface area contributed by atoms with Crippen LogP contribution in [0.3, 0.4) is 0 Å². The third-order valence-corrected chi connectivity index (χ3v) is 4.14. The first-order valence-electron chi connectivity index (χ1n) is 7.57. The van der Waals surface area contributed by atoms with Gasteiger partial charge in [0.2, 0.25) is 0 Å². The molecule has 2 rings (SSSR count). The normalized spacial score (nSPS) is 22.6. The summed E-state index contributed by atoms with van der Waals surface area (Å²) < 4.78 is 2.00. The first-order valence-corrected chi connectivity index (χ1v) is 7.57. The highest BCUT2D eigenvalue weighted by Crippen LogP contribution is 2.20. The Morgan fingerprint density at radius 1 is 1.47 bits per heavy atom. The summed E-state index contributed by atoms with van der Waals surface area (Å²) in [7, 11) is 0. The Bertz CT molecular complexity index is 376. The van der Waals surface area contributed by atoms with Gasteiger partial charge in [0.05, 0.1) is 6.54 Å². The molecular weight excluding hydrogens is 238 g/mol. The van der Waals surface area contributed by atoms with Crippen molar-refractivity contribution in [2.45, 2.75) is 52.7 Å². The van der Waals surface area contributed by atoms with Gasteiger partial charge in [0, 0.05) is 19.1 Å². The maximum absolute atomic E-state index is 4.38. The van der Waals surface area contributed by atoms with Crippen LogP contribution in [0.25, 0.3) is 0 Å². The molecule has 1 aromatic rings. The lowest BCUT2D eigenvalue weighted by Crippen LogP contribution is -2.44. The van der Waals surface area contributed by atoms with Gasteiger partial charge >= 0.3 is 0 Å². The highest BCUT2D eigenvalue weighted by atomic mass is 15.3. The third-order valence-electron chi connectivity index (χ3n) is 4.14. The molecule has 1 N–H and O–H groups in total. The molecule has 2 atom stereocenters. The molecule has 0 radical (unpaired) electrons. The number of aromatic nitrogens is 3. The minimum absolute atomic E-state index is 0.608. The Morgan fingerprint density at radius 2 is 2.32 bits per heavy atom. The van der Waals surface area contributed by atoms with Crippen molar-refractivity contribution in [1.82, 2.24) is 25.0 Å². The van der Waals surface area contributed by atoms with Gasteiger partial charge in [0.15, 0.2) is 0 Å². The summed E-state index contributed by atoms with van der Waals surface area (Å²) in [6, 6.07) is 0.608. The van der Waals surface area contributed by atoms with Crippen molar-refractivity contribution < 1.29 is 0 Å². The van der Waals surface area contributed by atoms with E-state index >= 15 is 0 Å². The monoisotopic (exact) mass is 265 g/mol. The Balaban J connectivity index is 1.90. The fourth-order valence-corrected chi connectivity index (χ4v) is 3.01. The van der Waals surface area contributed by atoms with E-state index in [-0.39, 0.29) is 0 Å². The smallest absolute Gasteiger partial charge is 0.140 e. The van der Waals surface area contributed by atoms with Crippen LogP contribution in [0, 0.1) is 5.92 Å². The van der Waals surface area contributed by atoms with E-state index in [1.807, 2.05) is 4.68 Å². The lowest BCUT2D eigenvalue weighted by Gasteiger charge is -2.35. The van der Waals surface area contributed by atoms with Gasteiger partial charge in [-0.25, -0.2) is 9.67 Å². The summed E-state index contributed by atoms with van der Waals surface area (Å²) in [5, 5.41) is 7.81. The molecule has 2 heterocycles. The molecule has 1 fully saturated rings. The average molecular weight is 265 g/mol. The molecular formula is C14H27N5. The predicted octanol–water partition coefficient (Wildman–Crippen LogP) is 1.51. The molecule has 108 valence electrons. The summed E-state index contributed by atoms with van der Waals surface area (Å²) >= 11 is 0. The van der Waals surface area contributed by atoms with Crippen LogP contribution in [-0.4, -0.2) is 45.3 Å². The molecule has 0 bridgehead atoms. The Morgan fingerprint density at radius 3 is 3.05 bits per heavy atom. The molecule has 1 aliphatic heterocycles. The molecule has 5 heteroatoms. The van der Waals surface area contributed by atoms with Crippen molar-refractivity contribution in [2.75, 3.05) is 19.6 Å². The van der Waals surface area contributed by atoms with Crippen LogP contribution in [0.5, 0.6) is 0 Å². The topological polar surface area (TPSA) is 46.0 Å². The van der Waals surface area contributed by atoms with Crippen LogP contribution in [0.1, 0.15) is 39.4 Å². The van der Waals surface area contributed by atoms with Crippen LogP contribution in [0.2, 0.25) is 0 Å². The van der Waals surface area contributed by atoms with Gasteiger partial charge in [-0.15, -0.1) is 0 Å². The SMILES string of the molecule is CCNC(C)C1CCCN(Cc2ncnn2CC)C1. The quantitative estimate of drug-likeness (QED) is 0.847. The molecule has 0 spiro atoms. The van der Waals surface area contributed by atoms with Crippen molar-refractivity contribution >= 4 is 0 Å². The van der Waals surface area contributed by atoms with Crippen molar-refractivity contribution in [2.24, 2.45) is 5.92 Å². The van der Waals surface area contributed by atoms with Gasteiger partial charge in [0.25, 0.3) is 0 Å². The molecule has 0 saturated carbocycles.